The average molecular weight is 457 g/mol. The molecule has 0 aromatic carbocycles. The summed E-state index contributed by atoms with van der Waals surface area (Å²) in [6, 6.07) is -0.445. The number of amides is 1. The molecule has 0 saturated carbocycles. The molecule has 1 amide bonds. The summed E-state index contributed by atoms with van der Waals surface area (Å²) < 4.78 is 41.9. The van der Waals surface area contributed by atoms with Gasteiger partial charge in [-0.2, -0.15) is 23.4 Å². The largest absolute Gasteiger partial charge is 0.436 e. The summed E-state index contributed by atoms with van der Waals surface area (Å²) in [4.78, 5) is 12.3. The van der Waals surface area contributed by atoms with Crippen LogP contribution in [0.2, 0.25) is 5.02 Å². The molecule has 0 aliphatic carbocycles. The van der Waals surface area contributed by atoms with Crippen LogP contribution in [-0.4, -0.2) is 32.0 Å². The SMILES string of the molecule is CCC(C(=O)NCCCn1nc(C(F)(F)F)c(Cl)c1C)n1cc(Br)cn1. The first-order valence-corrected chi connectivity index (χ1v) is 9.09. The lowest BCUT2D eigenvalue weighted by Gasteiger charge is -2.15. The van der Waals surface area contributed by atoms with Gasteiger partial charge in [0.1, 0.15) is 6.04 Å². The Morgan fingerprint density at radius 3 is 2.65 bits per heavy atom. The molecule has 144 valence electrons. The van der Waals surface area contributed by atoms with Crippen molar-refractivity contribution in [3.8, 4) is 0 Å². The summed E-state index contributed by atoms with van der Waals surface area (Å²) in [6.45, 7) is 3.86. The van der Waals surface area contributed by atoms with Crippen LogP contribution in [0.5, 0.6) is 0 Å². The van der Waals surface area contributed by atoms with Crippen molar-refractivity contribution in [2.75, 3.05) is 6.54 Å². The highest BCUT2D eigenvalue weighted by Crippen LogP contribution is 2.35. The van der Waals surface area contributed by atoms with E-state index in [0.717, 1.165) is 4.47 Å². The van der Waals surface area contributed by atoms with Gasteiger partial charge in [-0.05, 0) is 35.7 Å². The van der Waals surface area contributed by atoms with Gasteiger partial charge in [0.25, 0.3) is 0 Å². The van der Waals surface area contributed by atoms with E-state index in [0.29, 0.717) is 19.4 Å². The molecule has 6 nitrogen and oxygen atoms in total. The fourth-order valence-corrected chi connectivity index (χ4v) is 3.00. The van der Waals surface area contributed by atoms with Gasteiger partial charge in [-0.15, -0.1) is 0 Å². The van der Waals surface area contributed by atoms with Crippen LogP contribution in [0, 0.1) is 6.92 Å². The molecule has 11 heteroatoms. The number of hydrogen-bond donors (Lipinski definition) is 1. The minimum absolute atomic E-state index is 0.200. The Morgan fingerprint density at radius 2 is 2.15 bits per heavy atom. The van der Waals surface area contributed by atoms with Crippen LogP contribution in [0.1, 0.15) is 37.2 Å². The van der Waals surface area contributed by atoms with Crippen LogP contribution >= 0.6 is 27.5 Å². The summed E-state index contributed by atoms with van der Waals surface area (Å²) in [7, 11) is 0. The van der Waals surface area contributed by atoms with E-state index in [1.807, 2.05) is 6.92 Å². The van der Waals surface area contributed by atoms with Gasteiger partial charge in [0, 0.05) is 19.3 Å². The number of nitrogens with one attached hydrogen (secondary N) is 1. The van der Waals surface area contributed by atoms with Crippen molar-refractivity contribution in [2.45, 2.75) is 45.5 Å². The lowest BCUT2D eigenvalue weighted by molar-refractivity contribution is -0.141. The number of carbonyl (C=O) groups is 1. The average Bonchev–Trinajstić information content (AvgIpc) is 3.10. The first kappa shape index (κ1) is 20.8. The number of halogens is 5. The third kappa shape index (κ3) is 4.79. The van der Waals surface area contributed by atoms with Crippen LogP contribution in [0.3, 0.4) is 0 Å². The van der Waals surface area contributed by atoms with Gasteiger partial charge in [-0.25, -0.2) is 0 Å². The molecule has 0 aliphatic rings. The molecule has 1 atom stereocenters. The monoisotopic (exact) mass is 455 g/mol. The molecule has 0 bridgehead atoms. The minimum Gasteiger partial charge on any atom is -0.354 e. The number of carbonyl (C=O) groups excluding carboxylic acids is 1. The van der Waals surface area contributed by atoms with Gasteiger partial charge >= 0.3 is 6.18 Å². The zero-order valence-electron chi connectivity index (χ0n) is 14.1. The van der Waals surface area contributed by atoms with E-state index in [-0.39, 0.29) is 18.1 Å². The molecule has 2 aromatic rings. The second-order valence-corrected chi connectivity index (χ2v) is 6.97. The number of aromatic nitrogens is 4. The summed E-state index contributed by atoms with van der Waals surface area (Å²) >= 11 is 8.99. The van der Waals surface area contributed by atoms with Gasteiger partial charge < -0.3 is 5.32 Å². The van der Waals surface area contributed by atoms with E-state index in [4.69, 9.17) is 11.6 Å². The maximum absolute atomic E-state index is 12.8. The van der Waals surface area contributed by atoms with Gasteiger partial charge in [0.05, 0.1) is 21.4 Å². The Morgan fingerprint density at radius 1 is 1.46 bits per heavy atom. The normalized spacial score (nSPS) is 13.0. The zero-order valence-corrected chi connectivity index (χ0v) is 16.5. The lowest BCUT2D eigenvalue weighted by atomic mass is 10.2. The molecule has 1 N–H and O–H groups in total. The van der Waals surface area contributed by atoms with Crippen LogP contribution in [0.15, 0.2) is 16.9 Å². The van der Waals surface area contributed by atoms with E-state index in [1.54, 1.807) is 17.1 Å². The number of alkyl halides is 3. The van der Waals surface area contributed by atoms with Crippen molar-refractivity contribution in [2.24, 2.45) is 0 Å². The first-order valence-electron chi connectivity index (χ1n) is 7.92. The zero-order chi connectivity index (χ0) is 19.5. The molecule has 0 fully saturated rings. The smallest absolute Gasteiger partial charge is 0.354 e. The molecule has 2 heterocycles. The molecule has 2 rings (SSSR count). The van der Waals surface area contributed by atoms with Gasteiger partial charge in [-0.3, -0.25) is 14.2 Å². The molecule has 0 radical (unpaired) electrons. The van der Waals surface area contributed by atoms with Crippen molar-refractivity contribution in [1.29, 1.82) is 0 Å². The predicted octanol–water partition coefficient (Wildman–Crippen LogP) is 3.98. The molecule has 0 aliphatic heterocycles. The summed E-state index contributed by atoms with van der Waals surface area (Å²) in [6.07, 6.45) is -0.308. The first-order chi connectivity index (χ1) is 12.1. The summed E-state index contributed by atoms with van der Waals surface area (Å²) in [5, 5.41) is 10.0. The van der Waals surface area contributed by atoms with E-state index in [1.165, 1.54) is 11.6 Å². The third-order valence-electron chi connectivity index (χ3n) is 3.83. The molecule has 26 heavy (non-hydrogen) atoms. The van der Waals surface area contributed by atoms with E-state index >= 15 is 0 Å². The van der Waals surface area contributed by atoms with E-state index < -0.39 is 22.9 Å². The fourth-order valence-electron chi connectivity index (χ4n) is 2.46. The Labute approximate surface area is 161 Å². The molecule has 0 spiro atoms. The Hall–Kier alpha value is -1.55. The molecular weight excluding hydrogens is 439 g/mol. The highest BCUT2D eigenvalue weighted by atomic mass is 79.9. The quantitative estimate of drug-likeness (QED) is 0.641. The van der Waals surface area contributed by atoms with Gasteiger partial charge in [0.2, 0.25) is 5.91 Å². The second-order valence-electron chi connectivity index (χ2n) is 5.68. The van der Waals surface area contributed by atoms with Crippen LogP contribution in [-0.2, 0) is 17.5 Å². The standard InChI is InChI=1S/C15H18BrClF3N5O/c1-3-11(25-8-10(16)7-22-25)14(26)21-5-4-6-24-9(2)12(17)13(23-24)15(18,19)20/h7-8,11H,3-6H2,1-2H3,(H,21,26). The van der Waals surface area contributed by atoms with Gasteiger partial charge in [-0.1, -0.05) is 18.5 Å². The highest BCUT2D eigenvalue weighted by Gasteiger charge is 2.38. The molecule has 0 saturated heterocycles. The van der Waals surface area contributed by atoms with Crippen LogP contribution in [0.25, 0.3) is 0 Å². The molecule has 1 unspecified atom stereocenters. The Bertz CT molecular complexity index is 774. The maximum Gasteiger partial charge on any atom is 0.436 e. The van der Waals surface area contributed by atoms with Crippen molar-refractivity contribution in [3.63, 3.8) is 0 Å². The third-order valence-corrected chi connectivity index (χ3v) is 4.69. The van der Waals surface area contributed by atoms with Gasteiger partial charge in [0.15, 0.2) is 5.69 Å². The Balaban J connectivity index is 1.89. The van der Waals surface area contributed by atoms with E-state index in [2.05, 4.69) is 31.4 Å². The number of nitrogens with zero attached hydrogens (tertiary/aromatic N) is 4. The summed E-state index contributed by atoms with van der Waals surface area (Å²) in [5.41, 5.74) is -0.839. The minimum atomic E-state index is -4.59. The molecule has 2 aromatic heterocycles. The lowest BCUT2D eigenvalue weighted by Crippen LogP contribution is -2.33. The predicted molar refractivity (Wildman–Crippen MR) is 93.9 cm³/mol. The maximum atomic E-state index is 12.8. The van der Waals surface area contributed by atoms with Crippen molar-refractivity contribution in [1.82, 2.24) is 24.9 Å². The summed E-state index contributed by atoms with van der Waals surface area (Å²) in [5.74, 6) is -0.200. The topological polar surface area (TPSA) is 64.7 Å². The van der Waals surface area contributed by atoms with Crippen LogP contribution < -0.4 is 5.32 Å². The highest BCUT2D eigenvalue weighted by molar-refractivity contribution is 9.10. The second kappa shape index (κ2) is 8.43. The van der Waals surface area contributed by atoms with E-state index in [9.17, 15) is 18.0 Å². The number of rotatable bonds is 7. The number of hydrogen-bond acceptors (Lipinski definition) is 3. The number of aryl methyl sites for hydroxylation is 1. The van der Waals surface area contributed by atoms with Crippen molar-refractivity contribution < 1.29 is 18.0 Å². The molecular formula is C15H18BrClF3N5O. The van der Waals surface area contributed by atoms with Crippen molar-refractivity contribution >= 4 is 33.4 Å². The fraction of sp³-hybridized carbons (Fsp3) is 0.533. The van der Waals surface area contributed by atoms with Crippen molar-refractivity contribution in [3.05, 3.63) is 33.3 Å². The Kier molecular flexibility index (Phi) is 6.73. The van der Waals surface area contributed by atoms with Crippen LogP contribution in [0.4, 0.5) is 13.2 Å².